The summed E-state index contributed by atoms with van der Waals surface area (Å²) in [6.45, 7) is 1.79. The van der Waals surface area contributed by atoms with Crippen LogP contribution in [0.4, 0.5) is 5.69 Å². The molecule has 0 amide bonds. The van der Waals surface area contributed by atoms with Crippen LogP contribution in [-0.2, 0) is 0 Å². The van der Waals surface area contributed by atoms with Crippen LogP contribution in [0.1, 0.15) is 22.8 Å². The minimum Gasteiger partial charge on any atom is -0.507 e. The van der Waals surface area contributed by atoms with E-state index < -0.39 is 5.97 Å². The third kappa shape index (κ3) is 3.05. The van der Waals surface area contributed by atoms with E-state index in [0.29, 0.717) is 17.0 Å². The molecular formula is C19H16N2O3. The number of aromatic hydroxyl groups is 1. The van der Waals surface area contributed by atoms with E-state index in [2.05, 4.69) is 10.5 Å². The number of nitrogens with one attached hydrogen (secondary N) is 1. The summed E-state index contributed by atoms with van der Waals surface area (Å²) in [6.07, 6.45) is 0. The highest BCUT2D eigenvalue weighted by Gasteiger charge is 2.09. The minimum atomic E-state index is -0.970. The van der Waals surface area contributed by atoms with Gasteiger partial charge in [0, 0.05) is 10.9 Å². The number of phenolic OH excluding ortho intramolecular Hbond substituents is 1. The molecule has 0 atom stereocenters. The van der Waals surface area contributed by atoms with Gasteiger partial charge in [0.25, 0.3) is 0 Å². The third-order valence-corrected chi connectivity index (χ3v) is 3.77. The van der Waals surface area contributed by atoms with Crippen LogP contribution in [0.5, 0.6) is 5.75 Å². The van der Waals surface area contributed by atoms with Crippen LogP contribution < -0.4 is 5.43 Å². The molecule has 0 fully saturated rings. The molecule has 120 valence electrons. The van der Waals surface area contributed by atoms with Gasteiger partial charge in [-0.05, 0) is 42.6 Å². The number of phenols is 1. The van der Waals surface area contributed by atoms with Gasteiger partial charge in [0.1, 0.15) is 5.75 Å². The summed E-state index contributed by atoms with van der Waals surface area (Å²) >= 11 is 0. The second-order valence-electron chi connectivity index (χ2n) is 5.37. The fraction of sp³-hybridized carbons (Fsp3) is 0.0526. The van der Waals surface area contributed by atoms with Gasteiger partial charge in [-0.15, -0.1) is 0 Å². The van der Waals surface area contributed by atoms with Gasteiger partial charge in [-0.1, -0.05) is 30.3 Å². The normalized spacial score (nSPS) is 11.5. The topological polar surface area (TPSA) is 81.9 Å². The number of carboxylic acid groups (broad SMARTS) is 1. The Balaban J connectivity index is 1.85. The summed E-state index contributed by atoms with van der Waals surface area (Å²) < 4.78 is 0. The molecule has 0 saturated carbocycles. The van der Waals surface area contributed by atoms with Crippen LogP contribution in [0.2, 0.25) is 0 Å². The molecule has 0 saturated heterocycles. The number of hydrazone groups is 1. The standard InChI is InChI=1S/C19H16N2O3/c1-12(20-21-15-9-6-14(7-10-15)19(23)24)16-11-8-13-4-2-3-5-17(13)18(16)22/h2-11,21-22H,1H3,(H,23,24). The smallest absolute Gasteiger partial charge is 0.335 e. The molecule has 3 N–H and O–H groups in total. The molecule has 0 unspecified atom stereocenters. The van der Waals surface area contributed by atoms with Gasteiger partial charge in [0.15, 0.2) is 0 Å². The van der Waals surface area contributed by atoms with Crippen LogP contribution in [0.25, 0.3) is 10.8 Å². The lowest BCUT2D eigenvalue weighted by atomic mass is 10.0. The second-order valence-corrected chi connectivity index (χ2v) is 5.37. The van der Waals surface area contributed by atoms with Gasteiger partial charge in [-0.25, -0.2) is 4.79 Å². The first-order valence-electron chi connectivity index (χ1n) is 7.41. The zero-order chi connectivity index (χ0) is 17.1. The van der Waals surface area contributed by atoms with Crippen molar-refractivity contribution < 1.29 is 15.0 Å². The Morgan fingerprint density at radius 3 is 2.42 bits per heavy atom. The van der Waals surface area contributed by atoms with Gasteiger partial charge in [-0.3, -0.25) is 5.43 Å². The summed E-state index contributed by atoms with van der Waals surface area (Å²) in [6, 6.07) is 17.6. The van der Waals surface area contributed by atoms with Gasteiger partial charge < -0.3 is 10.2 Å². The van der Waals surface area contributed by atoms with Crippen molar-refractivity contribution in [2.24, 2.45) is 5.10 Å². The molecule has 24 heavy (non-hydrogen) atoms. The maximum absolute atomic E-state index is 10.8. The predicted molar refractivity (Wildman–Crippen MR) is 94.8 cm³/mol. The van der Waals surface area contributed by atoms with Crippen molar-refractivity contribution in [2.75, 3.05) is 5.43 Å². The lowest BCUT2D eigenvalue weighted by molar-refractivity contribution is 0.0697. The third-order valence-electron chi connectivity index (χ3n) is 3.77. The van der Waals surface area contributed by atoms with E-state index in [0.717, 1.165) is 10.8 Å². The first-order chi connectivity index (χ1) is 11.6. The van der Waals surface area contributed by atoms with Crippen molar-refractivity contribution in [1.29, 1.82) is 0 Å². The maximum atomic E-state index is 10.8. The van der Waals surface area contributed by atoms with Crippen molar-refractivity contribution in [3.63, 3.8) is 0 Å². The summed E-state index contributed by atoms with van der Waals surface area (Å²) in [4.78, 5) is 10.8. The van der Waals surface area contributed by atoms with Gasteiger partial charge in [-0.2, -0.15) is 5.10 Å². The van der Waals surface area contributed by atoms with Gasteiger partial charge in [0.05, 0.1) is 17.0 Å². The van der Waals surface area contributed by atoms with E-state index in [1.165, 1.54) is 12.1 Å². The zero-order valence-electron chi connectivity index (χ0n) is 13.0. The first kappa shape index (κ1) is 15.6. The molecular weight excluding hydrogens is 304 g/mol. The average molecular weight is 320 g/mol. The Morgan fingerprint density at radius 2 is 1.71 bits per heavy atom. The molecule has 3 aromatic carbocycles. The SMILES string of the molecule is CC(=NNc1ccc(C(=O)O)cc1)c1ccc2ccccc2c1O. The Kier molecular flexibility index (Phi) is 4.16. The van der Waals surface area contributed by atoms with Crippen LogP contribution in [0.15, 0.2) is 65.8 Å². The van der Waals surface area contributed by atoms with E-state index in [-0.39, 0.29) is 11.3 Å². The number of nitrogens with zero attached hydrogens (tertiary/aromatic N) is 1. The molecule has 5 nitrogen and oxygen atoms in total. The molecule has 0 spiro atoms. The molecule has 0 aliphatic rings. The number of benzene rings is 3. The maximum Gasteiger partial charge on any atom is 0.335 e. The molecule has 5 heteroatoms. The van der Waals surface area contributed by atoms with E-state index in [1.807, 2.05) is 36.4 Å². The number of rotatable bonds is 4. The Labute approximate surface area is 138 Å². The fourth-order valence-corrected chi connectivity index (χ4v) is 2.44. The van der Waals surface area contributed by atoms with Crippen LogP contribution in [0.3, 0.4) is 0 Å². The molecule has 0 radical (unpaired) electrons. The van der Waals surface area contributed by atoms with E-state index >= 15 is 0 Å². The largest absolute Gasteiger partial charge is 0.507 e. The number of hydrogen-bond acceptors (Lipinski definition) is 4. The lowest BCUT2D eigenvalue weighted by Gasteiger charge is -2.08. The lowest BCUT2D eigenvalue weighted by Crippen LogP contribution is -2.01. The predicted octanol–water partition coefficient (Wildman–Crippen LogP) is 4.08. The summed E-state index contributed by atoms with van der Waals surface area (Å²) in [5.41, 5.74) is 5.02. The average Bonchev–Trinajstić information content (AvgIpc) is 2.60. The monoisotopic (exact) mass is 320 g/mol. The van der Waals surface area contributed by atoms with E-state index in [1.54, 1.807) is 19.1 Å². The number of hydrogen-bond donors (Lipinski definition) is 3. The number of fused-ring (bicyclic) bond motifs is 1. The second kappa shape index (κ2) is 6.42. The zero-order valence-corrected chi connectivity index (χ0v) is 13.0. The fourth-order valence-electron chi connectivity index (χ4n) is 2.44. The van der Waals surface area contributed by atoms with Crippen LogP contribution in [-0.4, -0.2) is 21.9 Å². The van der Waals surface area contributed by atoms with Crippen molar-refractivity contribution in [1.82, 2.24) is 0 Å². The highest BCUT2D eigenvalue weighted by atomic mass is 16.4. The van der Waals surface area contributed by atoms with Crippen molar-refractivity contribution in [3.05, 3.63) is 71.8 Å². The molecule has 0 heterocycles. The quantitative estimate of drug-likeness (QED) is 0.500. The summed E-state index contributed by atoms with van der Waals surface area (Å²) in [5, 5.41) is 25.3. The molecule has 3 aromatic rings. The number of carboxylic acids is 1. The van der Waals surface area contributed by atoms with Crippen LogP contribution >= 0.6 is 0 Å². The molecule has 0 aromatic heterocycles. The Hall–Kier alpha value is -3.34. The highest BCUT2D eigenvalue weighted by molar-refractivity contribution is 6.06. The highest BCUT2D eigenvalue weighted by Crippen LogP contribution is 2.29. The molecule has 3 rings (SSSR count). The first-order valence-corrected chi connectivity index (χ1v) is 7.41. The van der Waals surface area contributed by atoms with Crippen LogP contribution in [0, 0.1) is 0 Å². The number of carbonyl (C=O) groups is 1. The van der Waals surface area contributed by atoms with Crippen molar-refractivity contribution in [2.45, 2.75) is 6.92 Å². The Bertz CT molecular complexity index is 931. The number of aromatic carboxylic acids is 1. The molecule has 0 bridgehead atoms. The van der Waals surface area contributed by atoms with E-state index in [9.17, 15) is 9.90 Å². The Morgan fingerprint density at radius 1 is 1.00 bits per heavy atom. The molecule has 0 aliphatic carbocycles. The number of anilines is 1. The minimum absolute atomic E-state index is 0.192. The molecule has 0 aliphatic heterocycles. The van der Waals surface area contributed by atoms with Gasteiger partial charge in [0.2, 0.25) is 0 Å². The van der Waals surface area contributed by atoms with Crippen molar-refractivity contribution in [3.8, 4) is 5.75 Å². The van der Waals surface area contributed by atoms with E-state index in [4.69, 9.17) is 5.11 Å². The summed E-state index contributed by atoms with van der Waals surface area (Å²) in [5.74, 6) is -0.778. The van der Waals surface area contributed by atoms with Gasteiger partial charge >= 0.3 is 5.97 Å². The van der Waals surface area contributed by atoms with Crippen molar-refractivity contribution >= 4 is 28.1 Å². The summed E-state index contributed by atoms with van der Waals surface area (Å²) in [7, 11) is 0.